The molecule has 0 fully saturated rings. The second kappa shape index (κ2) is 14.4. The number of pyridine rings is 2. The molecule has 0 unspecified atom stereocenters. The second-order valence-electron chi connectivity index (χ2n) is 23.9. The lowest BCUT2D eigenvalue weighted by Gasteiger charge is -2.37. The van der Waals surface area contributed by atoms with E-state index in [1.165, 1.54) is 33.4 Å². The lowest BCUT2D eigenvalue weighted by molar-refractivity contribution is 0.403. The number of hydrogen-bond donors (Lipinski definition) is 0. The van der Waals surface area contributed by atoms with Crippen LogP contribution in [0.15, 0.2) is 164 Å². The summed E-state index contributed by atoms with van der Waals surface area (Å²) in [5.74, 6) is 3.28. The fourth-order valence-corrected chi connectivity index (χ4v) is 15.1. The van der Waals surface area contributed by atoms with Gasteiger partial charge < -0.3 is 9.47 Å². The van der Waals surface area contributed by atoms with E-state index < -0.39 is 0 Å². The molecule has 0 saturated carbocycles. The zero-order valence-corrected chi connectivity index (χ0v) is 42.7. The maximum atomic E-state index is 7.88. The van der Waals surface area contributed by atoms with Gasteiger partial charge in [0.1, 0.15) is 22.8 Å². The van der Waals surface area contributed by atoms with Crippen LogP contribution in [0.5, 0.6) is 23.0 Å². The molecule has 0 spiro atoms. The Morgan fingerprint density at radius 2 is 0.822 bits per heavy atom. The highest BCUT2D eigenvalue weighted by molar-refractivity contribution is 6.98. The van der Waals surface area contributed by atoms with Gasteiger partial charge in [-0.2, -0.15) is 0 Å². The van der Waals surface area contributed by atoms with Crippen molar-refractivity contribution in [2.75, 3.05) is 0 Å². The SMILES string of the molecule is CC1(C)CC(C)(C)c2c(-c3cccc4c3Oc3c(-n5c6ccccc6c6cccnc65)cc(-n5c6ccccc6c6cccnc65)c5c3B4c3cccc(-c4cccc6c4C(C)(C)CC6(C)C)c3O5)cccc21. The zero-order chi connectivity index (χ0) is 49.5. The maximum absolute atomic E-state index is 7.88. The first-order chi connectivity index (χ1) is 35.2. The number of nitrogens with zero attached hydrogens (tertiary/aromatic N) is 4. The quantitative estimate of drug-likeness (QED) is 0.165. The fraction of sp³-hybridized carbons (Fsp3) is 0.212. The van der Waals surface area contributed by atoms with Crippen LogP contribution in [0.4, 0.5) is 0 Å². The van der Waals surface area contributed by atoms with Crippen LogP contribution in [0.25, 0.3) is 77.5 Å². The third-order valence-electron chi connectivity index (χ3n) is 17.3. The minimum atomic E-state index is -0.277. The van der Waals surface area contributed by atoms with Gasteiger partial charge in [-0.3, -0.25) is 9.13 Å². The summed E-state index contributed by atoms with van der Waals surface area (Å²) in [7, 11) is 0. The highest BCUT2D eigenvalue weighted by Gasteiger charge is 2.49. The van der Waals surface area contributed by atoms with E-state index in [1.54, 1.807) is 0 Å². The smallest absolute Gasteiger partial charge is 0.260 e. The van der Waals surface area contributed by atoms with Crippen LogP contribution in [0.1, 0.15) is 90.5 Å². The molecule has 0 radical (unpaired) electrons. The Hall–Kier alpha value is -7.90. The van der Waals surface area contributed by atoms with Crippen molar-refractivity contribution in [3.05, 3.63) is 186 Å². The van der Waals surface area contributed by atoms with Gasteiger partial charge in [0.25, 0.3) is 6.71 Å². The van der Waals surface area contributed by atoms with Crippen LogP contribution in [-0.4, -0.2) is 25.8 Å². The molecule has 0 saturated heterocycles. The second-order valence-corrected chi connectivity index (χ2v) is 23.9. The van der Waals surface area contributed by atoms with Gasteiger partial charge in [0.05, 0.1) is 22.4 Å². The first-order valence-electron chi connectivity index (χ1n) is 26.0. The zero-order valence-electron chi connectivity index (χ0n) is 42.7. The van der Waals surface area contributed by atoms with E-state index in [2.05, 4.69) is 204 Å². The summed E-state index contributed by atoms with van der Waals surface area (Å²) in [5, 5.41) is 4.41. The van der Waals surface area contributed by atoms with Crippen LogP contribution < -0.4 is 25.9 Å². The van der Waals surface area contributed by atoms with E-state index in [0.717, 1.165) is 119 Å². The van der Waals surface area contributed by atoms with Crippen molar-refractivity contribution in [3.8, 4) is 56.6 Å². The van der Waals surface area contributed by atoms with Gasteiger partial charge in [0, 0.05) is 50.5 Å². The van der Waals surface area contributed by atoms with Crippen LogP contribution in [0.3, 0.4) is 0 Å². The van der Waals surface area contributed by atoms with Gasteiger partial charge in [-0.1, -0.05) is 165 Å². The van der Waals surface area contributed by atoms with Crippen LogP contribution >= 0.6 is 0 Å². The predicted octanol–water partition coefficient (Wildman–Crippen LogP) is 14.7. The molecule has 7 aromatic carbocycles. The van der Waals surface area contributed by atoms with Crippen molar-refractivity contribution < 1.29 is 9.47 Å². The van der Waals surface area contributed by atoms with E-state index in [1.807, 2.05) is 24.5 Å². The molecule has 7 heteroatoms. The topological polar surface area (TPSA) is 54.1 Å². The number of fused-ring (bicyclic) bond motifs is 12. The summed E-state index contributed by atoms with van der Waals surface area (Å²) in [6.45, 7) is 19.0. The Balaban J connectivity index is 1.11. The standard InChI is InChI=1S/C66H55BN4O2/c1-63(2)36-65(5,6)54-40(21-13-27-46(54)63)42-23-15-29-48-57(42)72-59-52(70-50-31-11-9-19-38(50)44-25-17-33-68-61(44)70)35-53(71-51-32-12-10-20-39(51)45-26-18-34-69-62(45)71)60-56(59)67(48)49-30-16-24-43(58(49)73-60)41-22-14-28-47-55(41)66(7,8)37-64(47,3)4/h9-35H,36-37H2,1-8H3. The first-order valence-corrected chi connectivity index (χ1v) is 26.0. The molecule has 4 aliphatic rings. The summed E-state index contributed by atoms with van der Waals surface area (Å²) in [6.07, 6.45) is 5.93. The molecule has 15 rings (SSSR count). The average molecular weight is 947 g/mol. The van der Waals surface area contributed by atoms with Crippen LogP contribution in [-0.2, 0) is 21.7 Å². The van der Waals surface area contributed by atoms with Gasteiger partial charge in [-0.05, 0) is 121 Å². The Labute approximate surface area is 426 Å². The van der Waals surface area contributed by atoms with E-state index in [-0.39, 0.29) is 28.4 Å². The highest BCUT2D eigenvalue weighted by Crippen LogP contribution is 2.57. The largest absolute Gasteiger partial charge is 0.455 e. The minimum Gasteiger partial charge on any atom is -0.455 e. The molecule has 4 aromatic heterocycles. The molecule has 11 aromatic rings. The van der Waals surface area contributed by atoms with E-state index in [0.29, 0.717) is 0 Å². The molecular weight excluding hydrogens is 892 g/mol. The van der Waals surface area contributed by atoms with Crippen molar-refractivity contribution in [1.29, 1.82) is 0 Å². The van der Waals surface area contributed by atoms with Crippen LogP contribution in [0.2, 0.25) is 0 Å². The van der Waals surface area contributed by atoms with Gasteiger partial charge in [0.2, 0.25) is 0 Å². The number of para-hydroxylation sites is 4. The molecule has 2 aliphatic heterocycles. The Morgan fingerprint density at radius 3 is 1.29 bits per heavy atom. The lowest BCUT2D eigenvalue weighted by Crippen LogP contribution is -2.58. The predicted molar refractivity (Wildman–Crippen MR) is 301 cm³/mol. The third-order valence-corrected chi connectivity index (χ3v) is 17.3. The molecule has 0 N–H and O–H groups in total. The number of rotatable bonds is 4. The fourth-order valence-electron chi connectivity index (χ4n) is 15.1. The van der Waals surface area contributed by atoms with E-state index in [4.69, 9.17) is 19.4 Å². The first kappa shape index (κ1) is 42.8. The number of aromatic nitrogens is 4. The molecule has 0 bridgehead atoms. The van der Waals surface area contributed by atoms with Crippen molar-refractivity contribution in [1.82, 2.24) is 19.1 Å². The summed E-state index contributed by atoms with van der Waals surface area (Å²) in [6, 6.07) is 55.6. The van der Waals surface area contributed by atoms with Crippen LogP contribution in [0, 0.1) is 0 Å². The lowest BCUT2D eigenvalue weighted by atomic mass is 9.34. The van der Waals surface area contributed by atoms with E-state index >= 15 is 0 Å². The molecule has 6 heterocycles. The molecule has 6 nitrogen and oxygen atoms in total. The van der Waals surface area contributed by atoms with Crippen molar-refractivity contribution in [3.63, 3.8) is 0 Å². The molecule has 73 heavy (non-hydrogen) atoms. The normalized spacial score (nSPS) is 17.0. The summed E-state index contributed by atoms with van der Waals surface area (Å²) in [4.78, 5) is 10.4. The number of ether oxygens (including phenoxy) is 2. The molecule has 354 valence electrons. The minimum absolute atomic E-state index is 0.0261. The third kappa shape index (κ3) is 5.71. The number of benzene rings is 7. The van der Waals surface area contributed by atoms with Crippen molar-refractivity contribution >= 4 is 67.0 Å². The Kier molecular flexibility index (Phi) is 8.44. The van der Waals surface area contributed by atoms with Gasteiger partial charge in [-0.25, -0.2) is 9.97 Å². The molecule has 0 amide bonds. The molecular formula is C66H55BN4O2. The van der Waals surface area contributed by atoms with Gasteiger partial charge >= 0.3 is 0 Å². The van der Waals surface area contributed by atoms with Crippen molar-refractivity contribution in [2.45, 2.75) is 89.9 Å². The summed E-state index contributed by atoms with van der Waals surface area (Å²) < 4.78 is 20.4. The maximum Gasteiger partial charge on any atom is 0.260 e. The Morgan fingerprint density at radius 1 is 0.411 bits per heavy atom. The van der Waals surface area contributed by atoms with Crippen molar-refractivity contribution in [2.24, 2.45) is 0 Å². The molecule has 2 aliphatic carbocycles. The summed E-state index contributed by atoms with van der Waals surface area (Å²) in [5.41, 5.74) is 19.0. The van der Waals surface area contributed by atoms with Gasteiger partial charge in [-0.15, -0.1) is 0 Å². The number of hydrogen-bond acceptors (Lipinski definition) is 4. The monoisotopic (exact) mass is 946 g/mol. The van der Waals surface area contributed by atoms with Gasteiger partial charge in [0.15, 0.2) is 11.5 Å². The van der Waals surface area contributed by atoms with E-state index in [9.17, 15) is 0 Å². The molecule has 0 atom stereocenters. The summed E-state index contributed by atoms with van der Waals surface area (Å²) >= 11 is 0. The Bertz CT molecular complexity index is 3870. The average Bonchev–Trinajstić information content (AvgIpc) is 4.03. The highest BCUT2D eigenvalue weighted by atomic mass is 16.5.